The van der Waals surface area contributed by atoms with Crippen LogP contribution < -0.4 is 16.0 Å². The van der Waals surface area contributed by atoms with Gasteiger partial charge < -0.3 is 25.6 Å². The molecule has 1 atom stereocenters. The number of anilines is 1. The molecule has 12 heteroatoms. The average molecular weight is 467 g/mol. The lowest BCUT2D eigenvalue weighted by Gasteiger charge is -2.20. The highest BCUT2D eigenvalue weighted by atomic mass is 35.5. The van der Waals surface area contributed by atoms with Crippen LogP contribution in [-0.2, 0) is 27.3 Å². The van der Waals surface area contributed by atoms with E-state index >= 15 is 0 Å². The minimum Gasteiger partial charge on any atom is -0.382 e. The maximum Gasteiger partial charge on any atom is 0.314 e. The second-order valence-corrected chi connectivity index (χ2v) is 8.55. The molecule has 1 aliphatic rings. The van der Waals surface area contributed by atoms with Crippen LogP contribution >= 0.6 is 22.9 Å². The molecule has 0 spiro atoms. The van der Waals surface area contributed by atoms with Gasteiger partial charge in [-0.2, -0.15) is 0 Å². The van der Waals surface area contributed by atoms with E-state index in [1.165, 1.54) is 30.7 Å². The zero-order valence-electron chi connectivity index (χ0n) is 17.1. The molecule has 31 heavy (non-hydrogen) atoms. The molecule has 0 bridgehead atoms. The van der Waals surface area contributed by atoms with Gasteiger partial charge >= 0.3 is 11.8 Å². The molecule has 3 rings (SSSR count). The second kappa shape index (κ2) is 10.6. The van der Waals surface area contributed by atoms with Gasteiger partial charge in [0.25, 0.3) is 5.91 Å². The highest BCUT2D eigenvalue weighted by molar-refractivity contribution is 7.13. The molecule has 0 saturated carbocycles. The van der Waals surface area contributed by atoms with Gasteiger partial charge in [-0.25, -0.2) is 9.97 Å². The van der Waals surface area contributed by atoms with E-state index < -0.39 is 17.9 Å². The van der Waals surface area contributed by atoms with Crippen LogP contribution in [0.15, 0.2) is 18.3 Å². The summed E-state index contributed by atoms with van der Waals surface area (Å²) in [5.41, 5.74) is 0.956. The van der Waals surface area contributed by atoms with Crippen molar-refractivity contribution >= 4 is 46.5 Å². The number of hydrogen-bond donors (Lipinski definition) is 3. The number of hydrogen-bond acceptors (Lipinski definition) is 8. The van der Waals surface area contributed by atoms with Crippen LogP contribution in [0.5, 0.6) is 0 Å². The number of methoxy groups -OCH3 is 1. The minimum absolute atomic E-state index is 0.00765. The number of halogens is 1. The molecule has 0 fully saturated rings. The zero-order chi connectivity index (χ0) is 22.4. The normalized spacial score (nSPS) is 14.4. The van der Waals surface area contributed by atoms with E-state index in [0.29, 0.717) is 10.0 Å². The van der Waals surface area contributed by atoms with Gasteiger partial charge in [0.2, 0.25) is 0 Å². The highest BCUT2D eigenvalue weighted by Crippen LogP contribution is 2.24. The fourth-order valence-corrected chi connectivity index (χ4v) is 4.14. The van der Waals surface area contributed by atoms with E-state index in [2.05, 4.69) is 30.8 Å². The average Bonchev–Trinajstić information content (AvgIpc) is 3.17. The number of rotatable bonds is 7. The Balaban J connectivity index is 1.53. The second-order valence-electron chi connectivity index (χ2n) is 7.03. The summed E-state index contributed by atoms with van der Waals surface area (Å²) in [7, 11) is 3.51. The van der Waals surface area contributed by atoms with Gasteiger partial charge in [-0.05, 0) is 19.2 Å². The van der Waals surface area contributed by atoms with Crippen LogP contribution in [-0.4, -0.2) is 72.5 Å². The summed E-state index contributed by atoms with van der Waals surface area (Å²) in [5, 5.41) is 8.45. The van der Waals surface area contributed by atoms with E-state index in [1.807, 2.05) is 7.05 Å². The van der Waals surface area contributed by atoms with Crippen LogP contribution in [0.1, 0.15) is 20.4 Å². The summed E-state index contributed by atoms with van der Waals surface area (Å²) < 4.78 is 5.12. The van der Waals surface area contributed by atoms with Gasteiger partial charge in [-0.3, -0.25) is 14.4 Å². The standard InChI is InChI=1S/C19H23ClN6O4S/c1-26-6-5-13-14(9-26)31-19(24-13)18(29)23-12(10-30-2)8-22-16(27)17(28)25-15-4-3-11(20)7-21-15/h3-4,7,12H,5-6,8-10H2,1-2H3,(H,22,27)(H,23,29)(H,21,25,28)/t12-/m0/s1. The van der Waals surface area contributed by atoms with Gasteiger partial charge in [-0.15, -0.1) is 11.3 Å². The maximum absolute atomic E-state index is 12.6. The van der Waals surface area contributed by atoms with Crippen molar-refractivity contribution < 1.29 is 19.1 Å². The molecule has 0 radical (unpaired) electrons. The first-order chi connectivity index (χ1) is 14.9. The van der Waals surface area contributed by atoms with Gasteiger partial charge in [-0.1, -0.05) is 11.6 Å². The smallest absolute Gasteiger partial charge is 0.314 e. The third-order valence-electron chi connectivity index (χ3n) is 4.50. The van der Waals surface area contributed by atoms with Gasteiger partial charge in [0.15, 0.2) is 5.01 Å². The molecular formula is C19H23ClN6O4S. The molecule has 3 heterocycles. The summed E-state index contributed by atoms with van der Waals surface area (Å²) in [6, 6.07) is 2.49. The lowest BCUT2D eigenvalue weighted by molar-refractivity contribution is -0.136. The first-order valence-corrected chi connectivity index (χ1v) is 10.7. The van der Waals surface area contributed by atoms with E-state index in [0.717, 1.165) is 30.1 Å². The fraction of sp³-hybridized carbons (Fsp3) is 0.421. The predicted molar refractivity (Wildman–Crippen MR) is 116 cm³/mol. The topological polar surface area (TPSA) is 126 Å². The largest absolute Gasteiger partial charge is 0.382 e. The number of fused-ring (bicyclic) bond motifs is 1. The lowest BCUT2D eigenvalue weighted by atomic mass is 10.2. The summed E-state index contributed by atoms with van der Waals surface area (Å²) in [6.45, 7) is 1.84. The Bertz CT molecular complexity index is 951. The van der Waals surface area contributed by atoms with Crippen LogP contribution in [0.3, 0.4) is 0 Å². The Labute approximate surface area is 188 Å². The molecule has 3 N–H and O–H groups in total. The maximum atomic E-state index is 12.6. The van der Waals surface area contributed by atoms with Gasteiger partial charge in [0.1, 0.15) is 5.82 Å². The van der Waals surface area contributed by atoms with Crippen molar-refractivity contribution in [3.63, 3.8) is 0 Å². The van der Waals surface area contributed by atoms with Crippen LogP contribution in [0.2, 0.25) is 5.02 Å². The molecular weight excluding hydrogens is 444 g/mol. The van der Waals surface area contributed by atoms with Crippen LogP contribution in [0.25, 0.3) is 0 Å². The van der Waals surface area contributed by atoms with Crippen molar-refractivity contribution in [3.8, 4) is 0 Å². The number of nitrogens with one attached hydrogen (secondary N) is 3. The summed E-state index contributed by atoms with van der Waals surface area (Å²) >= 11 is 7.11. The van der Waals surface area contributed by atoms with E-state index in [1.54, 1.807) is 6.07 Å². The monoisotopic (exact) mass is 466 g/mol. The number of carbonyl (C=O) groups is 3. The molecule has 2 aromatic rings. The molecule has 0 aromatic carbocycles. The third-order valence-corrected chi connectivity index (χ3v) is 5.81. The van der Waals surface area contributed by atoms with Gasteiger partial charge in [0.05, 0.1) is 23.4 Å². The van der Waals surface area contributed by atoms with Gasteiger partial charge in [0, 0.05) is 44.2 Å². The zero-order valence-corrected chi connectivity index (χ0v) is 18.7. The SMILES string of the molecule is COC[C@H](CNC(=O)C(=O)Nc1ccc(Cl)cn1)NC(=O)c1nc2c(s1)CN(C)CC2. The Hall–Kier alpha value is -2.60. The van der Waals surface area contributed by atoms with Crippen molar-refractivity contribution in [2.45, 2.75) is 19.0 Å². The first kappa shape index (κ1) is 23.1. The number of carbonyl (C=O) groups excluding carboxylic acids is 3. The molecule has 3 amide bonds. The Morgan fingerprint density at radius 1 is 1.32 bits per heavy atom. The Morgan fingerprint density at radius 3 is 2.84 bits per heavy atom. The molecule has 0 unspecified atom stereocenters. The molecule has 2 aromatic heterocycles. The predicted octanol–water partition coefficient (Wildman–Crippen LogP) is 0.679. The van der Waals surface area contributed by atoms with Crippen molar-refractivity contribution in [1.82, 2.24) is 25.5 Å². The van der Waals surface area contributed by atoms with Crippen LogP contribution in [0, 0.1) is 0 Å². The number of amides is 3. The summed E-state index contributed by atoms with van der Waals surface area (Å²) in [5.74, 6) is -1.88. The van der Waals surface area contributed by atoms with Crippen molar-refractivity contribution in [1.29, 1.82) is 0 Å². The molecule has 1 aliphatic heterocycles. The highest BCUT2D eigenvalue weighted by Gasteiger charge is 2.24. The number of ether oxygens (including phenoxy) is 1. The van der Waals surface area contributed by atoms with Crippen LogP contribution in [0.4, 0.5) is 5.82 Å². The minimum atomic E-state index is -0.881. The van der Waals surface area contributed by atoms with Crippen molar-refractivity contribution in [2.75, 3.05) is 39.2 Å². The fourth-order valence-electron chi connectivity index (χ4n) is 2.94. The van der Waals surface area contributed by atoms with E-state index in [4.69, 9.17) is 16.3 Å². The summed E-state index contributed by atoms with van der Waals surface area (Å²) in [6.07, 6.45) is 2.17. The lowest BCUT2D eigenvalue weighted by Crippen LogP contribution is -2.48. The first-order valence-electron chi connectivity index (χ1n) is 9.53. The van der Waals surface area contributed by atoms with Crippen molar-refractivity contribution in [2.24, 2.45) is 0 Å². The van der Waals surface area contributed by atoms with E-state index in [9.17, 15) is 14.4 Å². The third kappa shape index (κ3) is 6.44. The summed E-state index contributed by atoms with van der Waals surface area (Å²) in [4.78, 5) is 48.4. The molecule has 166 valence electrons. The quantitative estimate of drug-likeness (QED) is 0.512. The van der Waals surface area contributed by atoms with E-state index in [-0.39, 0.29) is 24.9 Å². The van der Waals surface area contributed by atoms with Crippen molar-refractivity contribution in [3.05, 3.63) is 38.9 Å². The Kier molecular flexibility index (Phi) is 7.91. The molecule has 10 nitrogen and oxygen atoms in total. The number of thiazole rings is 1. The molecule has 0 saturated heterocycles. The number of likely N-dealkylation sites (N-methyl/N-ethyl adjacent to an activating group) is 1. The number of aromatic nitrogens is 2. The molecule has 0 aliphatic carbocycles. The number of pyridine rings is 1. The number of nitrogens with zero attached hydrogens (tertiary/aromatic N) is 3. The Morgan fingerprint density at radius 2 is 2.13 bits per heavy atom.